The molecule has 0 rings (SSSR count). The Morgan fingerprint density at radius 1 is 2.00 bits per heavy atom. The van der Waals surface area contributed by atoms with Crippen LogP contribution in [-0.4, -0.2) is 25.2 Å². The Morgan fingerprint density at radius 2 is 2.60 bits per heavy atom. The van der Waals surface area contributed by atoms with Crippen molar-refractivity contribution in [2.24, 2.45) is 0 Å². The average Bonchev–Trinajstić information content (AvgIpc) is 1.41. The van der Waals surface area contributed by atoms with Crippen LogP contribution in [0.25, 0.3) is 0 Å². The van der Waals surface area contributed by atoms with Gasteiger partial charge in [-0.25, -0.2) is 0 Å². The molecule has 1 nitrogen and oxygen atoms in total. The van der Waals surface area contributed by atoms with Gasteiger partial charge < -0.3 is 0 Å². The van der Waals surface area contributed by atoms with E-state index in [-0.39, 0.29) is 7.37 Å². The molecular formula is C2H6B2O. The Kier molecular flexibility index (Phi) is 3.93. The van der Waals surface area contributed by atoms with Gasteiger partial charge in [0.1, 0.15) is 0 Å². The third-order valence-corrected chi connectivity index (χ3v) is 0.341. The van der Waals surface area contributed by atoms with Gasteiger partial charge in [-0.3, -0.25) is 0 Å². The zero-order valence-corrected chi connectivity index (χ0v) is 3.31. The van der Waals surface area contributed by atoms with E-state index in [1.807, 2.05) is 6.92 Å². The third kappa shape index (κ3) is 3.96. The Balaban J connectivity index is 2.62. The van der Waals surface area contributed by atoms with E-state index in [1.54, 1.807) is 12.8 Å². The maximum atomic E-state index is 7.98. The van der Waals surface area contributed by atoms with Crippen LogP contribution in [0.1, 0.15) is 6.92 Å². The van der Waals surface area contributed by atoms with Crippen molar-refractivity contribution in [3.8, 4) is 0 Å². The number of hydrogen-bond acceptors (Lipinski definition) is 1. The van der Waals surface area contributed by atoms with Gasteiger partial charge >= 0.3 is 32.1 Å². The summed E-state index contributed by atoms with van der Waals surface area (Å²) in [5.74, 6) is 1.81. The Hall–Kier alpha value is -0.0401. The van der Waals surface area contributed by atoms with Crippen LogP contribution in [0.3, 0.4) is 0 Å². The van der Waals surface area contributed by atoms with E-state index >= 15 is 0 Å². The normalized spacial score (nSPS) is 7.60. The van der Waals surface area contributed by atoms with Crippen molar-refractivity contribution in [1.82, 2.24) is 0 Å². The predicted octanol–water partition coefficient (Wildman–Crippen LogP) is -1.23. The number of hydrogen-bond donors (Lipinski definition) is 1. The van der Waals surface area contributed by atoms with Gasteiger partial charge in [0, 0.05) is 0 Å². The monoisotopic (exact) mass is 68.1 g/mol. The number of rotatable bonds is 1. The van der Waals surface area contributed by atoms with Gasteiger partial charge in [0.05, 0.1) is 0 Å². The van der Waals surface area contributed by atoms with Crippen molar-refractivity contribution in [2.75, 3.05) is 0 Å². The van der Waals surface area contributed by atoms with Crippen LogP contribution in [-0.2, 0) is 0 Å². The van der Waals surface area contributed by atoms with E-state index < -0.39 is 0 Å². The fourth-order valence-electron chi connectivity index (χ4n) is 0.105. The summed E-state index contributed by atoms with van der Waals surface area (Å²) in [5.41, 5.74) is 0. The third-order valence-electron chi connectivity index (χ3n) is 0.341. The minimum absolute atomic E-state index is 0.163. The summed E-state index contributed by atoms with van der Waals surface area (Å²) in [6.07, 6.45) is 0. The summed E-state index contributed by atoms with van der Waals surface area (Å²) in [5, 5.41) is 7.98. The quantitative estimate of drug-likeness (QED) is 0.381. The Labute approximate surface area is 33.2 Å². The molecule has 5 heavy (non-hydrogen) atoms. The molecule has 0 fully saturated rings. The van der Waals surface area contributed by atoms with Crippen molar-refractivity contribution >= 4 is 20.2 Å². The standard InChI is InChI=1S/C2H6B2O/c1-2-3-4-5/h2,4-5H,1H3. The molecule has 0 saturated heterocycles. The van der Waals surface area contributed by atoms with Crippen LogP contribution < -0.4 is 0 Å². The molecule has 0 aromatic carbocycles. The van der Waals surface area contributed by atoms with Crippen molar-refractivity contribution in [2.45, 2.75) is 6.92 Å². The second-order valence-electron chi connectivity index (χ2n) is 0.752. The molecule has 0 amide bonds. The van der Waals surface area contributed by atoms with Crippen LogP contribution in [0.15, 0.2) is 0 Å². The van der Waals surface area contributed by atoms with Gasteiger partial charge in [-0.15, -0.1) is 0 Å². The average molecular weight is 67.7 g/mol. The predicted molar refractivity (Wildman–Crippen MR) is 26.9 cm³/mol. The SMILES string of the molecule is CC=BBO. The first-order chi connectivity index (χ1) is 2.41. The summed E-state index contributed by atoms with van der Waals surface area (Å²) >= 11 is 0. The Morgan fingerprint density at radius 3 is 2.60 bits per heavy atom. The summed E-state index contributed by atoms with van der Waals surface area (Å²) in [6, 6.07) is 0. The van der Waals surface area contributed by atoms with Crippen LogP contribution >= 0.6 is 0 Å². The topological polar surface area (TPSA) is 20.2 Å². The van der Waals surface area contributed by atoms with E-state index in [1.165, 1.54) is 0 Å². The molecule has 0 aliphatic heterocycles. The first-order valence-corrected chi connectivity index (χ1v) is 1.64. The second-order valence-corrected chi connectivity index (χ2v) is 0.752. The first kappa shape index (κ1) is 4.96. The zero-order valence-electron chi connectivity index (χ0n) is 3.31. The second kappa shape index (κ2) is 3.96. The molecule has 1 N–H and O–H groups in total. The van der Waals surface area contributed by atoms with Crippen molar-refractivity contribution in [3.05, 3.63) is 0 Å². The molecule has 3 heteroatoms. The molecule has 0 radical (unpaired) electrons. The first-order valence-electron chi connectivity index (χ1n) is 1.64. The summed E-state index contributed by atoms with van der Waals surface area (Å²) in [4.78, 5) is 0. The van der Waals surface area contributed by atoms with E-state index in [9.17, 15) is 0 Å². The summed E-state index contributed by atoms with van der Waals surface area (Å²) in [7, 11) is 0.163. The van der Waals surface area contributed by atoms with Crippen LogP contribution in [0.2, 0.25) is 0 Å². The van der Waals surface area contributed by atoms with Crippen molar-refractivity contribution in [3.63, 3.8) is 0 Å². The van der Waals surface area contributed by atoms with Gasteiger partial charge in [-0.2, -0.15) is 0 Å². The summed E-state index contributed by atoms with van der Waals surface area (Å²) < 4.78 is 0. The van der Waals surface area contributed by atoms with Crippen LogP contribution in [0, 0.1) is 0 Å². The molecule has 0 bridgehead atoms. The van der Waals surface area contributed by atoms with Gasteiger partial charge in [0.15, 0.2) is 0 Å². The van der Waals surface area contributed by atoms with Crippen LogP contribution in [0.5, 0.6) is 0 Å². The maximum absolute atomic E-state index is 7.98. The molecule has 0 unspecified atom stereocenters. The minimum atomic E-state index is 0.163. The van der Waals surface area contributed by atoms with Gasteiger partial charge in [-0.1, -0.05) is 0 Å². The van der Waals surface area contributed by atoms with E-state index in [0.29, 0.717) is 0 Å². The molecular weight excluding hydrogens is 61.6 g/mol. The molecule has 0 atom stereocenters. The van der Waals surface area contributed by atoms with Gasteiger partial charge in [-0.05, 0) is 0 Å². The molecule has 0 heterocycles. The fourth-order valence-corrected chi connectivity index (χ4v) is 0.105. The molecule has 26 valence electrons. The fraction of sp³-hybridized carbons (Fsp3) is 0.500. The van der Waals surface area contributed by atoms with Crippen molar-refractivity contribution in [1.29, 1.82) is 0 Å². The summed E-state index contributed by atoms with van der Waals surface area (Å²) in [6.45, 7) is 3.55. The van der Waals surface area contributed by atoms with Crippen molar-refractivity contribution < 1.29 is 5.02 Å². The zero-order chi connectivity index (χ0) is 4.12. The van der Waals surface area contributed by atoms with Gasteiger partial charge in [0.2, 0.25) is 0 Å². The molecule has 0 aromatic rings. The van der Waals surface area contributed by atoms with Gasteiger partial charge in [0.25, 0.3) is 0 Å². The molecule has 0 aromatic heterocycles. The van der Waals surface area contributed by atoms with E-state index in [4.69, 9.17) is 5.02 Å². The molecule has 0 aliphatic carbocycles. The van der Waals surface area contributed by atoms with Crippen LogP contribution in [0.4, 0.5) is 0 Å². The Bertz CT molecular complexity index is 34.6. The molecule has 0 spiro atoms. The van der Waals surface area contributed by atoms with E-state index in [2.05, 4.69) is 0 Å². The molecule has 0 aliphatic rings. The van der Waals surface area contributed by atoms with E-state index in [0.717, 1.165) is 0 Å². The molecule has 0 saturated carbocycles.